The highest BCUT2D eigenvalue weighted by atomic mass is 16.5. The number of hydrogen-bond donors (Lipinski definition) is 0. The molecule has 2 saturated heterocycles. The number of aryl methyl sites for hydroxylation is 3. The third-order valence-corrected chi connectivity index (χ3v) is 9.27. The zero-order valence-corrected chi connectivity index (χ0v) is 21.7. The van der Waals surface area contributed by atoms with Crippen LogP contribution in [0.15, 0.2) is 48.6 Å². The predicted octanol–water partition coefficient (Wildman–Crippen LogP) is 4.13. The summed E-state index contributed by atoms with van der Waals surface area (Å²) < 4.78 is 5.67. The lowest BCUT2D eigenvalue weighted by atomic mass is 9.63. The van der Waals surface area contributed by atoms with E-state index in [0.29, 0.717) is 28.8 Å². The van der Waals surface area contributed by atoms with E-state index >= 15 is 0 Å². The molecule has 0 aromatic heterocycles. The van der Waals surface area contributed by atoms with Gasteiger partial charge in [0.25, 0.3) is 0 Å². The van der Waals surface area contributed by atoms with Gasteiger partial charge in [0.2, 0.25) is 17.7 Å². The third-order valence-electron chi connectivity index (χ3n) is 9.27. The molecule has 2 saturated carbocycles. The zero-order valence-electron chi connectivity index (χ0n) is 21.7. The van der Waals surface area contributed by atoms with Gasteiger partial charge in [-0.3, -0.25) is 19.2 Å². The van der Waals surface area contributed by atoms with Crippen molar-refractivity contribution in [1.82, 2.24) is 0 Å². The molecule has 3 amide bonds. The van der Waals surface area contributed by atoms with Gasteiger partial charge in [0.1, 0.15) is 5.75 Å². The lowest BCUT2D eigenvalue weighted by molar-refractivity contribution is -0.139. The number of amides is 3. The van der Waals surface area contributed by atoms with Gasteiger partial charge in [-0.05, 0) is 97.9 Å². The molecule has 2 aromatic rings. The summed E-state index contributed by atoms with van der Waals surface area (Å²) in [7, 11) is 0. The smallest absolute Gasteiger partial charge is 0.316 e. The topological polar surface area (TPSA) is 84.0 Å². The van der Waals surface area contributed by atoms with Crippen LogP contribution >= 0.6 is 0 Å². The fraction of sp³-hybridized carbons (Fsp3) is 0.419. The maximum absolute atomic E-state index is 13.5. The highest BCUT2D eigenvalue weighted by Crippen LogP contribution is 2.65. The molecule has 0 N–H and O–H groups in total. The SMILES string of the molecule is Cc1cc(C)cc(N2C[C@H](C(=O)Oc3ccc(N4C(=O)[C@@H]5[C@H]6C=C[C@@H]([C@@H]7C[C@@H]67)[C@H]5C4=O)c(C)c3)CC2=O)c1. The number of ether oxygens (including phenoxy) is 1. The Balaban J connectivity index is 1.06. The molecule has 2 bridgehead atoms. The van der Waals surface area contributed by atoms with Crippen LogP contribution in [0, 0.1) is 62.2 Å². The Morgan fingerprint density at radius 1 is 0.868 bits per heavy atom. The number of imide groups is 1. The zero-order chi connectivity index (χ0) is 26.5. The number of rotatable bonds is 4. The molecule has 4 fully saturated rings. The van der Waals surface area contributed by atoms with E-state index in [4.69, 9.17) is 4.74 Å². The molecule has 8 rings (SSSR count). The molecule has 38 heavy (non-hydrogen) atoms. The summed E-state index contributed by atoms with van der Waals surface area (Å²) in [5.41, 5.74) is 4.16. The van der Waals surface area contributed by atoms with Crippen molar-refractivity contribution in [2.24, 2.45) is 41.4 Å². The first-order valence-electron chi connectivity index (χ1n) is 13.5. The van der Waals surface area contributed by atoms with E-state index in [2.05, 4.69) is 12.2 Å². The Bertz CT molecular complexity index is 1400. The van der Waals surface area contributed by atoms with Crippen LogP contribution < -0.4 is 14.5 Å². The van der Waals surface area contributed by atoms with Crippen LogP contribution in [0.5, 0.6) is 5.75 Å². The highest BCUT2D eigenvalue weighted by molar-refractivity contribution is 6.23. The van der Waals surface area contributed by atoms with Gasteiger partial charge in [-0.25, -0.2) is 4.90 Å². The van der Waals surface area contributed by atoms with E-state index in [-0.39, 0.29) is 54.4 Å². The molecule has 6 aliphatic rings. The number of anilines is 2. The monoisotopic (exact) mass is 510 g/mol. The van der Waals surface area contributed by atoms with Gasteiger partial charge in [-0.1, -0.05) is 18.2 Å². The highest BCUT2D eigenvalue weighted by Gasteiger charge is 2.67. The first-order valence-corrected chi connectivity index (χ1v) is 13.5. The van der Waals surface area contributed by atoms with E-state index in [0.717, 1.165) is 23.2 Å². The van der Waals surface area contributed by atoms with Crippen molar-refractivity contribution in [3.05, 3.63) is 65.2 Å². The van der Waals surface area contributed by atoms with Gasteiger partial charge in [0, 0.05) is 18.7 Å². The van der Waals surface area contributed by atoms with Crippen LogP contribution in [0.3, 0.4) is 0 Å². The summed E-state index contributed by atoms with van der Waals surface area (Å²) in [6.07, 6.45) is 5.56. The van der Waals surface area contributed by atoms with Crippen LogP contribution in [0.25, 0.3) is 0 Å². The summed E-state index contributed by atoms with van der Waals surface area (Å²) in [4.78, 5) is 55.6. The normalized spacial score (nSPS) is 32.6. The van der Waals surface area contributed by atoms with Crippen molar-refractivity contribution < 1.29 is 23.9 Å². The fourth-order valence-electron chi connectivity index (χ4n) is 7.56. The molecule has 0 unspecified atom stereocenters. The number of nitrogens with zero attached hydrogens (tertiary/aromatic N) is 2. The minimum absolute atomic E-state index is 0.0980. The number of carbonyl (C=O) groups is 4. The van der Waals surface area contributed by atoms with E-state index < -0.39 is 11.9 Å². The first-order chi connectivity index (χ1) is 18.2. The molecule has 194 valence electrons. The molecule has 7 heteroatoms. The van der Waals surface area contributed by atoms with E-state index in [1.165, 1.54) is 4.90 Å². The van der Waals surface area contributed by atoms with Crippen molar-refractivity contribution in [3.63, 3.8) is 0 Å². The standard InChI is InChI=1S/C31H30N2O5/c1-15-8-16(2)10-19(9-15)32-14-18(12-26(32)34)31(37)38-20-4-7-25(17(3)11-20)33-29(35)27-21-5-6-22(24-13-23(21)24)28(27)30(33)36/h4-11,18,21-24,27-28H,12-14H2,1-3H3/t18-,21+,22+,23+,24+,27-,28-/m1/s1. The summed E-state index contributed by atoms with van der Waals surface area (Å²) in [5, 5.41) is 0. The number of benzene rings is 2. The van der Waals surface area contributed by atoms with Gasteiger partial charge in [0.15, 0.2) is 0 Å². The van der Waals surface area contributed by atoms with Crippen LogP contribution in [-0.2, 0) is 19.2 Å². The quantitative estimate of drug-likeness (QED) is 0.267. The summed E-state index contributed by atoms with van der Waals surface area (Å²) >= 11 is 0. The molecule has 7 atom stereocenters. The lowest BCUT2D eigenvalue weighted by Gasteiger charge is -2.37. The first kappa shape index (κ1) is 23.4. The predicted molar refractivity (Wildman–Crippen MR) is 140 cm³/mol. The van der Waals surface area contributed by atoms with Crippen LogP contribution in [0.1, 0.15) is 29.5 Å². The molecule has 2 aromatic carbocycles. The Morgan fingerprint density at radius 3 is 2.11 bits per heavy atom. The molecular formula is C31H30N2O5. The van der Waals surface area contributed by atoms with Crippen LogP contribution in [0.4, 0.5) is 11.4 Å². The Labute approximate surface area is 221 Å². The van der Waals surface area contributed by atoms with Gasteiger partial charge in [0.05, 0.1) is 23.4 Å². The summed E-state index contributed by atoms with van der Waals surface area (Å²) in [6.45, 7) is 6.06. The average Bonchev–Trinajstić information content (AvgIpc) is 3.54. The minimum Gasteiger partial charge on any atom is -0.426 e. The molecule has 2 aliphatic heterocycles. The molecular weight excluding hydrogens is 480 g/mol. The Kier molecular flexibility index (Phi) is 5.00. The second kappa shape index (κ2) is 8.13. The molecule has 0 radical (unpaired) electrons. The van der Waals surface area contributed by atoms with Gasteiger partial charge in [-0.15, -0.1) is 0 Å². The van der Waals surface area contributed by atoms with Crippen molar-refractivity contribution in [2.45, 2.75) is 33.6 Å². The van der Waals surface area contributed by atoms with E-state index in [1.54, 1.807) is 23.1 Å². The number of carbonyl (C=O) groups excluding carboxylic acids is 4. The third kappa shape index (κ3) is 3.40. The Hall–Kier alpha value is -3.74. The van der Waals surface area contributed by atoms with Crippen molar-refractivity contribution in [2.75, 3.05) is 16.3 Å². The largest absolute Gasteiger partial charge is 0.426 e. The number of esters is 1. The summed E-state index contributed by atoms with van der Waals surface area (Å²) in [6, 6.07) is 11.0. The van der Waals surface area contributed by atoms with Crippen LogP contribution in [-0.4, -0.2) is 30.2 Å². The molecule has 2 heterocycles. The van der Waals surface area contributed by atoms with E-state index in [9.17, 15) is 19.2 Å². The molecule has 4 aliphatic carbocycles. The van der Waals surface area contributed by atoms with Gasteiger partial charge in [-0.2, -0.15) is 0 Å². The van der Waals surface area contributed by atoms with Gasteiger partial charge < -0.3 is 9.64 Å². The maximum Gasteiger partial charge on any atom is 0.316 e. The number of hydrogen-bond acceptors (Lipinski definition) is 5. The van der Waals surface area contributed by atoms with Crippen molar-refractivity contribution in [3.8, 4) is 5.75 Å². The second-order valence-corrected chi connectivity index (χ2v) is 11.8. The molecule has 0 spiro atoms. The van der Waals surface area contributed by atoms with Crippen LogP contribution in [0.2, 0.25) is 0 Å². The lowest BCUT2D eigenvalue weighted by Crippen LogP contribution is -2.40. The summed E-state index contributed by atoms with van der Waals surface area (Å²) in [5.74, 6) is -0.0354. The van der Waals surface area contributed by atoms with E-state index in [1.807, 2.05) is 39.0 Å². The van der Waals surface area contributed by atoms with Gasteiger partial charge >= 0.3 is 5.97 Å². The average molecular weight is 511 g/mol. The Morgan fingerprint density at radius 2 is 1.50 bits per heavy atom. The fourth-order valence-corrected chi connectivity index (χ4v) is 7.56. The van der Waals surface area contributed by atoms with Crippen molar-refractivity contribution in [1.29, 1.82) is 0 Å². The number of allylic oxidation sites excluding steroid dienone is 2. The maximum atomic E-state index is 13.5. The minimum atomic E-state index is -0.567. The second-order valence-electron chi connectivity index (χ2n) is 11.8. The van der Waals surface area contributed by atoms with Crippen molar-refractivity contribution >= 4 is 35.1 Å². The molecule has 7 nitrogen and oxygen atoms in total.